The number of hydrogen-bond acceptors (Lipinski definition) is 5. The Balaban J connectivity index is 1.46. The number of carbonyl (C=O) groups is 1. The molecule has 0 aliphatic heterocycles. The fourth-order valence-electron chi connectivity index (χ4n) is 4.57. The highest BCUT2D eigenvalue weighted by Gasteiger charge is 2.38. The van der Waals surface area contributed by atoms with Gasteiger partial charge in [0.15, 0.2) is 11.6 Å². The van der Waals surface area contributed by atoms with Crippen LogP contribution in [0.2, 0.25) is 0 Å². The van der Waals surface area contributed by atoms with Crippen LogP contribution >= 0.6 is 11.8 Å². The van der Waals surface area contributed by atoms with Gasteiger partial charge in [-0.15, -0.1) is 11.8 Å². The molecule has 3 aromatic carbocycles. The molecule has 0 radical (unpaired) electrons. The SMILES string of the molecule is [C-]#[N+]C(C)(c1cccc(/C=C/C(=O)OCC)c1)c1cnc(-c2cc(Oc3c(F)cc4[nH]ccc4c3SC)ccc2F)[nH]1. The van der Waals surface area contributed by atoms with E-state index < -0.39 is 23.1 Å². The van der Waals surface area contributed by atoms with E-state index in [1.807, 2.05) is 18.4 Å². The molecule has 2 heterocycles. The van der Waals surface area contributed by atoms with E-state index in [4.69, 9.17) is 16.0 Å². The highest BCUT2D eigenvalue weighted by molar-refractivity contribution is 7.99. The second kappa shape index (κ2) is 11.9. The second-order valence-electron chi connectivity index (χ2n) is 9.44. The van der Waals surface area contributed by atoms with Crippen molar-refractivity contribution in [2.75, 3.05) is 12.9 Å². The van der Waals surface area contributed by atoms with Crippen LogP contribution in [0.25, 0.3) is 33.2 Å². The van der Waals surface area contributed by atoms with Gasteiger partial charge in [-0.25, -0.2) is 25.1 Å². The lowest BCUT2D eigenvalue weighted by Gasteiger charge is -2.16. The highest BCUT2D eigenvalue weighted by atomic mass is 32.2. The molecule has 0 aliphatic carbocycles. The van der Waals surface area contributed by atoms with Crippen molar-refractivity contribution in [1.29, 1.82) is 0 Å². The van der Waals surface area contributed by atoms with E-state index in [0.717, 1.165) is 5.39 Å². The lowest BCUT2D eigenvalue weighted by molar-refractivity contribution is -0.137. The fraction of sp³-hybridized carbons (Fsp3) is 0.156. The molecule has 1 unspecified atom stereocenters. The van der Waals surface area contributed by atoms with Crippen molar-refractivity contribution < 1.29 is 23.0 Å². The van der Waals surface area contributed by atoms with Crippen LogP contribution < -0.4 is 4.74 Å². The van der Waals surface area contributed by atoms with Crippen LogP contribution in [0.3, 0.4) is 0 Å². The lowest BCUT2D eigenvalue weighted by atomic mass is 9.89. The zero-order chi connectivity index (χ0) is 29.9. The average Bonchev–Trinajstić information content (AvgIpc) is 3.68. The maximum Gasteiger partial charge on any atom is 0.330 e. The molecule has 7 nitrogen and oxygen atoms in total. The fourth-order valence-corrected chi connectivity index (χ4v) is 5.30. The van der Waals surface area contributed by atoms with Crippen molar-refractivity contribution in [2.45, 2.75) is 24.3 Å². The van der Waals surface area contributed by atoms with Gasteiger partial charge in [-0.3, -0.25) is 4.85 Å². The van der Waals surface area contributed by atoms with Gasteiger partial charge in [0.2, 0.25) is 0 Å². The number of thioether (sulfide) groups is 1. The molecule has 0 spiro atoms. The van der Waals surface area contributed by atoms with Crippen LogP contribution in [-0.2, 0) is 15.1 Å². The number of nitrogens with zero attached hydrogens (tertiary/aromatic N) is 2. The zero-order valence-electron chi connectivity index (χ0n) is 23.0. The predicted octanol–water partition coefficient (Wildman–Crippen LogP) is 8.11. The van der Waals surface area contributed by atoms with Gasteiger partial charge in [0, 0.05) is 41.7 Å². The van der Waals surface area contributed by atoms with Gasteiger partial charge >= 0.3 is 5.97 Å². The number of aromatic amines is 2. The quantitative estimate of drug-likeness (QED) is 0.0791. The Morgan fingerprint density at radius 2 is 2.00 bits per heavy atom. The van der Waals surface area contributed by atoms with E-state index in [0.29, 0.717) is 27.2 Å². The molecule has 0 bridgehead atoms. The Kier molecular flexibility index (Phi) is 8.13. The van der Waals surface area contributed by atoms with E-state index >= 15 is 8.78 Å². The van der Waals surface area contributed by atoms with Crippen molar-refractivity contribution in [1.82, 2.24) is 15.0 Å². The minimum atomic E-state index is -1.19. The normalized spacial score (nSPS) is 12.8. The zero-order valence-corrected chi connectivity index (χ0v) is 23.8. The molecule has 0 fully saturated rings. The Bertz CT molecular complexity index is 1860. The standard InChI is InChI=1S/C32H26F2N4O3S/c1-5-40-28(39)12-9-19-7-6-8-20(15-19)32(2,35-3)27-18-37-31(38-27)23-16-21(10-11-24(23)33)41-29-25(34)17-26-22(13-14-36-26)30(29)42-4/h6-18,36H,5H2,1-2,4H3,(H,37,38)/b12-9+. The summed E-state index contributed by atoms with van der Waals surface area (Å²) >= 11 is 1.35. The summed E-state index contributed by atoms with van der Waals surface area (Å²) in [6.07, 6.45) is 7.99. The monoisotopic (exact) mass is 584 g/mol. The number of nitrogens with one attached hydrogen (secondary N) is 2. The van der Waals surface area contributed by atoms with Crippen molar-refractivity contribution in [3.8, 4) is 22.9 Å². The highest BCUT2D eigenvalue weighted by Crippen LogP contribution is 2.41. The summed E-state index contributed by atoms with van der Waals surface area (Å²) in [7, 11) is 0. The number of benzene rings is 3. The maximum absolute atomic E-state index is 15.1. The molecule has 0 saturated carbocycles. The number of ether oxygens (including phenoxy) is 2. The summed E-state index contributed by atoms with van der Waals surface area (Å²) in [5.41, 5.74) is 1.36. The largest absolute Gasteiger partial charge is 0.463 e. The van der Waals surface area contributed by atoms with E-state index in [-0.39, 0.29) is 29.5 Å². The van der Waals surface area contributed by atoms with Crippen LogP contribution in [0, 0.1) is 18.2 Å². The molecule has 2 N–H and O–H groups in total. The number of hydrogen-bond donors (Lipinski definition) is 2. The molecule has 5 aromatic rings. The average molecular weight is 585 g/mol. The van der Waals surface area contributed by atoms with Crippen LogP contribution in [0.5, 0.6) is 11.5 Å². The first-order valence-electron chi connectivity index (χ1n) is 13.0. The number of H-pyrrole nitrogens is 2. The van der Waals surface area contributed by atoms with Crippen LogP contribution in [0.1, 0.15) is 30.7 Å². The lowest BCUT2D eigenvalue weighted by Crippen LogP contribution is -2.19. The number of fused-ring (bicyclic) bond motifs is 1. The minimum Gasteiger partial charge on any atom is -0.463 e. The summed E-state index contributed by atoms with van der Waals surface area (Å²) in [5.74, 6) is -1.11. The number of aromatic nitrogens is 3. The van der Waals surface area contributed by atoms with Crippen molar-refractivity contribution in [3.05, 3.63) is 113 Å². The van der Waals surface area contributed by atoms with E-state index in [1.165, 1.54) is 48.3 Å². The Morgan fingerprint density at radius 3 is 2.76 bits per heavy atom. The van der Waals surface area contributed by atoms with Gasteiger partial charge < -0.3 is 19.4 Å². The van der Waals surface area contributed by atoms with Crippen molar-refractivity contribution >= 4 is 34.7 Å². The molecular formula is C32H26F2N4O3S. The molecule has 42 heavy (non-hydrogen) atoms. The first-order chi connectivity index (χ1) is 20.3. The summed E-state index contributed by atoms with van der Waals surface area (Å²) in [6, 6.07) is 14.5. The van der Waals surface area contributed by atoms with Crippen molar-refractivity contribution in [3.63, 3.8) is 0 Å². The third-order valence-electron chi connectivity index (χ3n) is 6.81. The third-order valence-corrected chi connectivity index (χ3v) is 7.62. The Labute approximate surface area is 245 Å². The molecule has 0 amide bonds. The molecule has 2 aromatic heterocycles. The topological polar surface area (TPSA) is 84.4 Å². The molecule has 1 atom stereocenters. The van der Waals surface area contributed by atoms with Gasteiger partial charge in [-0.05, 0) is 55.2 Å². The molecule has 10 heteroatoms. The number of imidazole rings is 1. The molecule has 5 rings (SSSR count). The van der Waals surface area contributed by atoms with E-state index in [1.54, 1.807) is 44.3 Å². The second-order valence-corrected chi connectivity index (χ2v) is 10.3. The summed E-state index contributed by atoms with van der Waals surface area (Å²) < 4.78 is 40.9. The number of rotatable bonds is 9. The van der Waals surface area contributed by atoms with Crippen molar-refractivity contribution in [2.24, 2.45) is 0 Å². The first kappa shape index (κ1) is 28.6. The predicted molar refractivity (Wildman–Crippen MR) is 159 cm³/mol. The number of esters is 1. The van der Waals surface area contributed by atoms with Gasteiger partial charge in [-0.2, -0.15) is 0 Å². The molecule has 0 aliphatic rings. The Morgan fingerprint density at radius 1 is 1.17 bits per heavy atom. The van der Waals surface area contributed by atoms with Gasteiger partial charge in [0.05, 0.1) is 23.3 Å². The van der Waals surface area contributed by atoms with E-state index in [9.17, 15) is 4.79 Å². The maximum atomic E-state index is 15.1. The molecule has 212 valence electrons. The number of halogens is 2. The smallest absolute Gasteiger partial charge is 0.330 e. The molecule has 0 saturated heterocycles. The summed E-state index contributed by atoms with van der Waals surface area (Å²) in [5, 5.41) is 0.816. The van der Waals surface area contributed by atoms with Gasteiger partial charge in [0.25, 0.3) is 5.54 Å². The first-order valence-corrected chi connectivity index (χ1v) is 14.2. The van der Waals surface area contributed by atoms with Gasteiger partial charge in [0.1, 0.15) is 23.1 Å². The third kappa shape index (κ3) is 5.51. The summed E-state index contributed by atoms with van der Waals surface area (Å²) in [4.78, 5) is 26.7. The summed E-state index contributed by atoms with van der Waals surface area (Å²) in [6.45, 7) is 11.7. The van der Waals surface area contributed by atoms with Crippen LogP contribution in [0.4, 0.5) is 8.78 Å². The van der Waals surface area contributed by atoms with Gasteiger partial charge in [-0.1, -0.05) is 18.2 Å². The van der Waals surface area contributed by atoms with E-state index in [2.05, 4.69) is 19.8 Å². The number of carbonyl (C=O) groups excluding carboxylic acids is 1. The Hall–Kier alpha value is -4.88. The molecular weight excluding hydrogens is 558 g/mol. The minimum absolute atomic E-state index is 0.0461. The van der Waals surface area contributed by atoms with Crippen LogP contribution in [0.15, 0.2) is 78.0 Å². The van der Waals surface area contributed by atoms with Crippen LogP contribution in [-0.4, -0.2) is 33.8 Å².